The van der Waals surface area contributed by atoms with E-state index in [0.29, 0.717) is 11.7 Å². The summed E-state index contributed by atoms with van der Waals surface area (Å²) in [7, 11) is 0. The number of nitrogens with zero attached hydrogens (tertiary/aromatic N) is 4. The maximum absolute atomic E-state index is 4.70. The number of anilines is 3. The van der Waals surface area contributed by atoms with Crippen molar-refractivity contribution in [2.45, 2.75) is 51.5 Å². The van der Waals surface area contributed by atoms with Crippen LogP contribution in [0.1, 0.15) is 51.5 Å². The summed E-state index contributed by atoms with van der Waals surface area (Å²) < 4.78 is 0. The highest BCUT2D eigenvalue weighted by atomic mass is 15.2. The number of hydrogen-bond acceptors (Lipinski definition) is 6. The highest BCUT2D eigenvalue weighted by Gasteiger charge is 2.31. The maximum atomic E-state index is 4.70. The summed E-state index contributed by atoms with van der Waals surface area (Å²) >= 11 is 0. The normalized spacial score (nSPS) is 15.7. The van der Waals surface area contributed by atoms with E-state index in [1.165, 1.54) is 19.3 Å². The molecule has 0 unspecified atom stereocenters. The SMILES string of the molecule is CC(C)c1cnnc(Nc2ccc3ncc(NC4(C)CCC4)cc3n2)c1. The fourth-order valence-electron chi connectivity index (χ4n) is 3.21. The summed E-state index contributed by atoms with van der Waals surface area (Å²) in [5.74, 6) is 1.84. The average Bonchev–Trinajstić information content (AvgIpc) is 2.60. The summed E-state index contributed by atoms with van der Waals surface area (Å²) in [5, 5.41) is 15.1. The largest absolute Gasteiger partial charge is 0.379 e. The third kappa shape index (κ3) is 3.45. The summed E-state index contributed by atoms with van der Waals surface area (Å²) in [5.41, 5.74) is 4.09. The molecule has 0 atom stereocenters. The summed E-state index contributed by atoms with van der Waals surface area (Å²) in [4.78, 5) is 9.23. The van der Waals surface area contributed by atoms with Gasteiger partial charge in [-0.15, -0.1) is 5.10 Å². The van der Waals surface area contributed by atoms with Gasteiger partial charge < -0.3 is 10.6 Å². The first-order valence-electron chi connectivity index (χ1n) is 9.15. The van der Waals surface area contributed by atoms with Crippen molar-refractivity contribution in [2.24, 2.45) is 0 Å². The van der Waals surface area contributed by atoms with E-state index < -0.39 is 0 Å². The lowest BCUT2D eigenvalue weighted by molar-refractivity contribution is 0.306. The molecule has 6 nitrogen and oxygen atoms in total. The quantitative estimate of drug-likeness (QED) is 0.699. The minimum atomic E-state index is 0.193. The van der Waals surface area contributed by atoms with Crippen LogP contribution in [0.2, 0.25) is 0 Å². The van der Waals surface area contributed by atoms with E-state index in [9.17, 15) is 0 Å². The maximum Gasteiger partial charge on any atom is 0.154 e. The number of hydrogen-bond donors (Lipinski definition) is 2. The Morgan fingerprint density at radius 3 is 2.62 bits per heavy atom. The van der Waals surface area contributed by atoms with Gasteiger partial charge in [-0.05, 0) is 61.9 Å². The lowest BCUT2D eigenvalue weighted by Gasteiger charge is -2.40. The molecule has 6 heteroatoms. The van der Waals surface area contributed by atoms with Gasteiger partial charge in [-0.25, -0.2) is 4.98 Å². The molecule has 0 radical (unpaired) electrons. The minimum Gasteiger partial charge on any atom is -0.379 e. The van der Waals surface area contributed by atoms with Gasteiger partial charge in [0.1, 0.15) is 5.82 Å². The second-order valence-electron chi connectivity index (χ2n) is 7.65. The Morgan fingerprint density at radius 2 is 1.88 bits per heavy atom. The molecule has 3 aromatic rings. The van der Waals surface area contributed by atoms with E-state index in [0.717, 1.165) is 28.1 Å². The predicted octanol–water partition coefficient (Wildman–Crippen LogP) is 4.64. The Hall–Kier alpha value is -2.76. The first-order valence-corrected chi connectivity index (χ1v) is 9.15. The molecule has 0 aliphatic heterocycles. The summed E-state index contributed by atoms with van der Waals surface area (Å²) in [6.45, 7) is 6.53. The van der Waals surface area contributed by atoms with Crippen LogP contribution in [0.3, 0.4) is 0 Å². The molecular weight excluding hydrogens is 324 g/mol. The van der Waals surface area contributed by atoms with Gasteiger partial charge in [0.15, 0.2) is 5.82 Å². The van der Waals surface area contributed by atoms with Gasteiger partial charge in [-0.2, -0.15) is 5.10 Å². The molecule has 0 saturated heterocycles. The van der Waals surface area contributed by atoms with Crippen LogP contribution in [0.15, 0.2) is 36.7 Å². The molecule has 1 saturated carbocycles. The van der Waals surface area contributed by atoms with Crippen LogP contribution >= 0.6 is 0 Å². The van der Waals surface area contributed by atoms with Crippen molar-refractivity contribution in [3.8, 4) is 0 Å². The average molecular weight is 348 g/mol. The van der Waals surface area contributed by atoms with Gasteiger partial charge in [0.05, 0.1) is 29.1 Å². The molecule has 4 rings (SSSR count). The number of nitrogens with one attached hydrogen (secondary N) is 2. The fourth-order valence-corrected chi connectivity index (χ4v) is 3.21. The number of fused-ring (bicyclic) bond motifs is 1. The van der Waals surface area contributed by atoms with Crippen LogP contribution in [0, 0.1) is 0 Å². The van der Waals surface area contributed by atoms with Crippen molar-refractivity contribution in [1.82, 2.24) is 20.2 Å². The van der Waals surface area contributed by atoms with Gasteiger partial charge in [-0.3, -0.25) is 4.98 Å². The Bertz CT molecular complexity index is 932. The molecule has 1 aliphatic rings. The molecule has 2 N–H and O–H groups in total. The van der Waals surface area contributed by atoms with Gasteiger partial charge in [0.2, 0.25) is 0 Å². The molecule has 1 fully saturated rings. The Kier molecular flexibility index (Phi) is 4.18. The standard InChI is InChI=1S/C20H24N6/c1-13(2)14-9-19(26-22-11-14)24-18-6-5-16-17(23-18)10-15(12-21-16)25-20(3)7-4-8-20/h5-6,9-13,25H,4,7-8H2,1-3H3,(H,23,24,26). The van der Waals surface area contributed by atoms with Crippen LogP contribution in [-0.2, 0) is 0 Å². The van der Waals surface area contributed by atoms with E-state index >= 15 is 0 Å². The third-order valence-electron chi connectivity index (χ3n) is 5.04. The zero-order valence-corrected chi connectivity index (χ0v) is 15.5. The molecule has 0 spiro atoms. The van der Waals surface area contributed by atoms with Gasteiger partial charge in [-0.1, -0.05) is 13.8 Å². The first-order chi connectivity index (χ1) is 12.5. The summed E-state index contributed by atoms with van der Waals surface area (Å²) in [6.07, 6.45) is 7.37. The second kappa shape index (κ2) is 6.52. The van der Waals surface area contributed by atoms with Crippen molar-refractivity contribution in [3.05, 3.63) is 42.2 Å². The number of aromatic nitrogens is 4. The van der Waals surface area contributed by atoms with Crippen LogP contribution in [-0.4, -0.2) is 25.7 Å². The lowest BCUT2D eigenvalue weighted by atomic mass is 9.78. The van der Waals surface area contributed by atoms with Gasteiger partial charge in [0.25, 0.3) is 0 Å². The Morgan fingerprint density at radius 1 is 1.04 bits per heavy atom. The highest BCUT2D eigenvalue weighted by molar-refractivity contribution is 5.80. The second-order valence-corrected chi connectivity index (χ2v) is 7.65. The highest BCUT2D eigenvalue weighted by Crippen LogP contribution is 2.35. The van der Waals surface area contributed by atoms with E-state index in [2.05, 4.69) is 52.7 Å². The molecule has 0 aromatic carbocycles. The minimum absolute atomic E-state index is 0.193. The number of rotatable bonds is 5. The molecule has 0 amide bonds. The molecular formula is C20H24N6. The van der Waals surface area contributed by atoms with E-state index in [-0.39, 0.29) is 5.54 Å². The number of pyridine rings is 2. The zero-order valence-electron chi connectivity index (χ0n) is 15.5. The van der Waals surface area contributed by atoms with Gasteiger partial charge >= 0.3 is 0 Å². The molecule has 26 heavy (non-hydrogen) atoms. The van der Waals surface area contributed by atoms with Crippen molar-refractivity contribution in [1.29, 1.82) is 0 Å². The molecule has 1 aliphatic carbocycles. The van der Waals surface area contributed by atoms with Crippen molar-refractivity contribution < 1.29 is 0 Å². The molecule has 3 heterocycles. The topological polar surface area (TPSA) is 75.6 Å². The molecule has 134 valence electrons. The van der Waals surface area contributed by atoms with Crippen LogP contribution in [0.4, 0.5) is 17.3 Å². The van der Waals surface area contributed by atoms with Crippen LogP contribution in [0.5, 0.6) is 0 Å². The Labute approximate surface area is 153 Å². The van der Waals surface area contributed by atoms with E-state index in [4.69, 9.17) is 4.98 Å². The van der Waals surface area contributed by atoms with Gasteiger partial charge in [0, 0.05) is 5.54 Å². The Balaban J connectivity index is 1.58. The van der Waals surface area contributed by atoms with E-state index in [1.54, 1.807) is 6.20 Å². The molecule has 0 bridgehead atoms. The smallest absolute Gasteiger partial charge is 0.154 e. The molecule has 3 aromatic heterocycles. The summed E-state index contributed by atoms with van der Waals surface area (Å²) in [6, 6.07) is 7.96. The van der Waals surface area contributed by atoms with Crippen LogP contribution in [0.25, 0.3) is 11.0 Å². The van der Waals surface area contributed by atoms with E-state index in [1.807, 2.05) is 24.4 Å². The lowest BCUT2D eigenvalue weighted by Crippen LogP contribution is -2.41. The van der Waals surface area contributed by atoms with Crippen molar-refractivity contribution in [3.63, 3.8) is 0 Å². The zero-order chi connectivity index (χ0) is 18.1. The van der Waals surface area contributed by atoms with Crippen molar-refractivity contribution >= 4 is 28.4 Å². The van der Waals surface area contributed by atoms with Crippen molar-refractivity contribution in [2.75, 3.05) is 10.6 Å². The van der Waals surface area contributed by atoms with Crippen LogP contribution < -0.4 is 10.6 Å². The fraction of sp³-hybridized carbons (Fsp3) is 0.400. The first kappa shape index (κ1) is 16.7. The third-order valence-corrected chi connectivity index (χ3v) is 5.04. The predicted molar refractivity (Wildman–Crippen MR) is 105 cm³/mol. The monoisotopic (exact) mass is 348 g/mol.